The fourth-order valence-corrected chi connectivity index (χ4v) is 1.64. The number of aryl methyl sites for hydroxylation is 1. The molecule has 0 spiro atoms. The van der Waals surface area contributed by atoms with Crippen LogP contribution in [0.1, 0.15) is 43.4 Å². The van der Waals surface area contributed by atoms with Gasteiger partial charge in [-0.05, 0) is 32.8 Å². The minimum atomic E-state index is -0.0241. The molecule has 3 nitrogen and oxygen atoms in total. The summed E-state index contributed by atoms with van der Waals surface area (Å²) in [6.45, 7) is 4.64. The molecule has 0 saturated heterocycles. The minimum absolute atomic E-state index is 0.0241. The Labute approximate surface area is 103 Å². The van der Waals surface area contributed by atoms with Gasteiger partial charge in [-0.3, -0.25) is 0 Å². The van der Waals surface area contributed by atoms with Crippen LogP contribution in [0.15, 0.2) is 18.2 Å². The van der Waals surface area contributed by atoms with Gasteiger partial charge >= 0.3 is 0 Å². The van der Waals surface area contributed by atoms with E-state index in [1.165, 1.54) is 5.56 Å². The van der Waals surface area contributed by atoms with Gasteiger partial charge in [-0.1, -0.05) is 17.7 Å². The zero-order chi connectivity index (χ0) is 12.7. The Morgan fingerprint density at radius 3 is 2.82 bits per heavy atom. The van der Waals surface area contributed by atoms with Gasteiger partial charge in [0.15, 0.2) is 0 Å². The highest BCUT2D eigenvalue weighted by atomic mass is 16.5. The number of nitrogens with zero attached hydrogens (tertiary/aromatic N) is 1. The van der Waals surface area contributed by atoms with E-state index in [4.69, 9.17) is 15.7 Å². The Morgan fingerprint density at radius 1 is 1.41 bits per heavy atom. The van der Waals surface area contributed by atoms with E-state index >= 15 is 0 Å². The van der Waals surface area contributed by atoms with E-state index in [1.54, 1.807) is 0 Å². The number of rotatable bonds is 6. The van der Waals surface area contributed by atoms with E-state index in [0.717, 1.165) is 24.2 Å². The molecule has 0 fully saturated rings. The van der Waals surface area contributed by atoms with E-state index in [9.17, 15) is 0 Å². The first-order chi connectivity index (χ1) is 8.15. The molecule has 0 unspecified atom stereocenters. The molecule has 1 rings (SSSR count). The highest BCUT2D eigenvalue weighted by Gasteiger charge is 2.08. The Kier molecular flexibility index (Phi) is 5.51. The fourth-order valence-electron chi connectivity index (χ4n) is 1.64. The average Bonchev–Trinajstić information content (AvgIpc) is 2.30. The van der Waals surface area contributed by atoms with E-state index in [0.29, 0.717) is 13.0 Å². The fraction of sp³-hybridized carbons (Fsp3) is 0.500. The van der Waals surface area contributed by atoms with Crippen molar-refractivity contribution in [2.45, 2.75) is 39.2 Å². The lowest BCUT2D eigenvalue weighted by molar-refractivity contribution is 0.303. The Hall–Kier alpha value is -1.53. The molecular weight excluding hydrogens is 212 g/mol. The van der Waals surface area contributed by atoms with Gasteiger partial charge in [0.05, 0.1) is 12.7 Å². The predicted octanol–water partition coefficient (Wildman–Crippen LogP) is 3.09. The van der Waals surface area contributed by atoms with Crippen molar-refractivity contribution in [3.05, 3.63) is 29.3 Å². The van der Waals surface area contributed by atoms with Crippen molar-refractivity contribution in [3.63, 3.8) is 0 Å². The normalized spacial score (nSPS) is 11.9. The van der Waals surface area contributed by atoms with Crippen molar-refractivity contribution < 1.29 is 4.74 Å². The lowest BCUT2D eigenvalue weighted by Gasteiger charge is -2.14. The van der Waals surface area contributed by atoms with E-state index in [-0.39, 0.29) is 6.04 Å². The summed E-state index contributed by atoms with van der Waals surface area (Å²) in [4.78, 5) is 0. The molecule has 0 aliphatic rings. The SMILES string of the molecule is Cc1ccc(OCCCCC#N)c([C@H](C)N)c1. The maximum atomic E-state index is 8.42. The molecule has 0 saturated carbocycles. The second-order valence-corrected chi connectivity index (χ2v) is 4.29. The van der Waals surface area contributed by atoms with Crippen LogP contribution in [0.25, 0.3) is 0 Å². The van der Waals surface area contributed by atoms with Crippen LogP contribution in [0.4, 0.5) is 0 Å². The van der Waals surface area contributed by atoms with E-state index in [2.05, 4.69) is 12.1 Å². The van der Waals surface area contributed by atoms with Crippen LogP contribution in [-0.2, 0) is 0 Å². The summed E-state index contributed by atoms with van der Waals surface area (Å²) in [5.74, 6) is 0.863. The summed E-state index contributed by atoms with van der Waals surface area (Å²) >= 11 is 0. The van der Waals surface area contributed by atoms with Crippen LogP contribution < -0.4 is 10.5 Å². The van der Waals surface area contributed by atoms with Gasteiger partial charge in [0.25, 0.3) is 0 Å². The highest BCUT2D eigenvalue weighted by molar-refractivity contribution is 5.38. The molecule has 1 aromatic carbocycles. The Bertz CT molecular complexity index is 394. The highest BCUT2D eigenvalue weighted by Crippen LogP contribution is 2.25. The van der Waals surface area contributed by atoms with Crippen molar-refractivity contribution in [3.8, 4) is 11.8 Å². The molecule has 0 amide bonds. The van der Waals surface area contributed by atoms with Gasteiger partial charge in [0.2, 0.25) is 0 Å². The number of nitriles is 1. The summed E-state index contributed by atoms with van der Waals surface area (Å²) in [7, 11) is 0. The third kappa shape index (κ3) is 4.46. The second-order valence-electron chi connectivity index (χ2n) is 4.29. The summed E-state index contributed by atoms with van der Waals surface area (Å²) in [6.07, 6.45) is 2.38. The third-order valence-corrected chi connectivity index (χ3v) is 2.60. The largest absolute Gasteiger partial charge is 0.493 e. The van der Waals surface area contributed by atoms with Crippen molar-refractivity contribution in [2.24, 2.45) is 5.73 Å². The maximum absolute atomic E-state index is 8.42. The number of unbranched alkanes of at least 4 members (excludes halogenated alkanes) is 2. The van der Waals surface area contributed by atoms with Crippen molar-refractivity contribution in [1.82, 2.24) is 0 Å². The smallest absolute Gasteiger partial charge is 0.124 e. The number of benzene rings is 1. The van der Waals surface area contributed by atoms with Crippen LogP contribution in [0, 0.1) is 18.3 Å². The standard InChI is InChI=1S/C14H20N2O/c1-11-6-7-14(13(10-11)12(2)16)17-9-5-3-4-8-15/h6-7,10,12H,3-5,9,16H2,1-2H3/t12-/m0/s1. The molecule has 0 aromatic heterocycles. The Morgan fingerprint density at radius 2 is 2.18 bits per heavy atom. The average molecular weight is 232 g/mol. The summed E-state index contributed by atoms with van der Waals surface area (Å²) in [6, 6.07) is 8.16. The molecule has 0 aliphatic carbocycles. The first-order valence-electron chi connectivity index (χ1n) is 6.01. The van der Waals surface area contributed by atoms with Crippen LogP contribution in [0.2, 0.25) is 0 Å². The van der Waals surface area contributed by atoms with Crippen LogP contribution in [-0.4, -0.2) is 6.61 Å². The topological polar surface area (TPSA) is 59.0 Å². The minimum Gasteiger partial charge on any atom is -0.493 e. The predicted molar refractivity (Wildman–Crippen MR) is 68.7 cm³/mol. The first kappa shape index (κ1) is 13.5. The van der Waals surface area contributed by atoms with E-state index in [1.807, 2.05) is 26.0 Å². The summed E-state index contributed by atoms with van der Waals surface area (Å²) in [5, 5.41) is 8.42. The zero-order valence-electron chi connectivity index (χ0n) is 10.6. The molecule has 3 heteroatoms. The molecular formula is C14H20N2O. The molecule has 0 aliphatic heterocycles. The second kappa shape index (κ2) is 6.93. The summed E-state index contributed by atoms with van der Waals surface area (Å²) in [5.41, 5.74) is 8.15. The van der Waals surface area contributed by atoms with Crippen molar-refractivity contribution in [1.29, 1.82) is 5.26 Å². The van der Waals surface area contributed by atoms with Gasteiger partial charge in [-0.15, -0.1) is 0 Å². The van der Waals surface area contributed by atoms with Crippen LogP contribution in [0.5, 0.6) is 5.75 Å². The molecule has 1 atom stereocenters. The van der Waals surface area contributed by atoms with Crippen molar-refractivity contribution >= 4 is 0 Å². The molecule has 2 N–H and O–H groups in total. The van der Waals surface area contributed by atoms with Crippen LogP contribution >= 0.6 is 0 Å². The molecule has 17 heavy (non-hydrogen) atoms. The molecule has 92 valence electrons. The maximum Gasteiger partial charge on any atom is 0.124 e. The third-order valence-electron chi connectivity index (χ3n) is 2.60. The zero-order valence-corrected chi connectivity index (χ0v) is 10.6. The molecule has 1 aromatic rings. The molecule has 0 heterocycles. The first-order valence-corrected chi connectivity index (χ1v) is 6.01. The van der Waals surface area contributed by atoms with Gasteiger partial charge in [-0.25, -0.2) is 0 Å². The number of hydrogen-bond acceptors (Lipinski definition) is 3. The number of nitrogens with two attached hydrogens (primary N) is 1. The summed E-state index contributed by atoms with van der Waals surface area (Å²) < 4.78 is 5.71. The van der Waals surface area contributed by atoms with Gasteiger partial charge in [0, 0.05) is 18.0 Å². The number of ether oxygens (including phenoxy) is 1. The lowest BCUT2D eigenvalue weighted by Crippen LogP contribution is -2.09. The monoisotopic (exact) mass is 232 g/mol. The quantitative estimate of drug-likeness (QED) is 0.767. The van der Waals surface area contributed by atoms with Gasteiger partial charge in [-0.2, -0.15) is 5.26 Å². The van der Waals surface area contributed by atoms with E-state index < -0.39 is 0 Å². The van der Waals surface area contributed by atoms with Crippen molar-refractivity contribution in [2.75, 3.05) is 6.61 Å². The van der Waals surface area contributed by atoms with Gasteiger partial charge < -0.3 is 10.5 Å². The lowest BCUT2D eigenvalue weighted by atomic mass is 10.1. The van der Waals surface area contributed by atoms with Crippen LogP contribution in [0.3, 0.4) is 0 Å². The molecule has 0 bridgehead atoms. The number of hydrogen-bond donors (Lipinski definition) is 1. The molecule has 0 radical (unpaired) electrons. The van der Waals surface area contributed by atoms with Gasteiger partial charge in [0.1, 0.15) is 5.75 Å². The Balaban J connectivity index is 2.55.